The Morgan fingerprint density at radius 2 is 1.89 bits per heavy atom. The van der Waals surface area contributed by atoms with Gasteiger partial charge in [-0.05, 0) is 30.2 Å². The number of pyridine rings is 1. The number of hydrogen-bond acceptors (Lipinski definition) is 3. The standard InChI is InChI=1S/C15H17NO2/c1-4-11-8-15(18-3)13(9-14(11)17-2)12-6-5-7-16-10-12/h5-10H,4H2,1-3H3. The third-order valence-electron chi connectivity index (χ3n) is 2.96. The van der Waals surface area contributed by atoms with Crippen molar-refractivity contribution < 1.29 is 9.47 Å². The summed E-state index contributed by atoms with van der Waals surface area (Å²) in [5.41, 5.74) is 3.16. The first-order chi connectivity index (χ1) is 8.80. The van der Waals surface area contributed by atoms with Crippen LogP contribution in [0.3, 0.4) is 0 Å². The first-order valence-corrected chi connectivity index (χ1v) is 5.95. The summed E-state index contributed by atoms with van der Waals surface area (Å²) in [6, 6.07) is 7.96. The number of aryl methyl sites for hydroxylation is 1. The number of ether oxygens (including phenoxy) is 2. The van der Waals surface area contributed by atoms with Crippen LogP contribution in [-0.2, 0) is 6.42 Å². The van der Waals surface area contributed by atoms with E-state index in [2.05, 4.69) is 11.9 Å². The Labute approximate surface area is 107 Å². The Hall–Kier alpha value is -2.03. The molecule has 2 aromatic rings. The van der Waals surface area contributed by atoms with E-state index in [9.17, 15) is 0 Å². The Kier molecular flexibility index (Phi) is 3.82. The molecular formula is C15H17NO2. The average Bonchev–Trinajstić information content (AvgIpc) is 2.46. The average molecular weight is 243 g/mol. The second-order valence-corrected chi connectivity index (χ2v) is 3.96. The zero-order chi connectivity index (χ0) is 13.0. The zero-order valence-electron chi connectivity index (χ0n) is 10.9. The molecule has 1 heterocycles. The SMILES string of the molecule is CCc1cc(OC)c(-c2cccnc2)cc1OC. The normalized spacial score (nSPS) is 10.2. The van der Waals surface area contributed by atoms with Crippen molar-refractivity contribution in [1.29, 1.82) is 0 Å². The molecule has 0 atom stereocenters. The third-order valence-corrected chi connectivity index (χ3v) is 2.96. The van der Waals surface area contributed by atoms with Gasteiger partial charge in [0.2, 0.25) is 0 Å². The van der Waals surface area contributed by atoms with Crippen LogP contribution in [0.15, 0.2) is 36.7 Å². The van der Waals surface area contributed by atoms with Crippen molar-refractivity contribution in [1.82, 2.24) is 4.98 Å². The van der Waals surface area contributed by atoms with Gasteiger partial charge in [-0.2, -0.15) is 0 Å². The van der Waals surface area contributed by atoms with Crippen molar-refractivity contribution >= 4 is 0 Å². The molecule has 0 fully saturated rings. The largest absolute Gasteiger partial charge is 0.496 e. The second-order valence-electron chi connectivity index (χ2n) is 3.96. The van der Waals surface area contributed by atoms with E-state index in [4.69, 9.17) is 9.47 Å². The Balaban J connectivity index is 2.59. The van der Waals surface area contributed by atoms with E-state index < -0.39 is 0 Å². The number of benzene rings is 1. The lowest BCUT2D eigenvalue weighted by Crippen LogP contribution is -1.95. The van der Waals surface area contributed by atoms with Gasteiger partial charge in [-0.15, -0.1) is 0 Å². The second kappa shape index (κ2) is 5.54. The topological polar surface area (TPSA) is 31.4 Å². The van der Waals surface area contributed by atoms with Crippen molar-refractivity contribution in [3.05, 3.63) is 42.2 Å². The molecule has 0 saturated carbocycles. The van der Waals surface area contributed by atoms with Crippen molar-refractivity contribution in [2.24, 2.45) is 0 Å². The minimum atomic E-state index is 0.848. The fraction of sp³-hybridized carbons (Fsp3) is 0.267. The van der Waals surface area contributed by atoms with Crippen LogP contribution in [0.5, 0.6) is 11.5 Å². The van der Waals surface area contributed by atoms with Crippen LogP contribution < -0.4 is 9.47 Å². The number of methoxy groups -OCH3 is 2. The predicted molar refractivity (Wildman–Crippen MR) is 72.2 cm³/mol. The molecule has 18 heavy (non-hydrogen) atoms. The molecule has 2 rings (SSSR count). The lowest BCUT2D eigenvalue weighted by atomic mass is 10.0. The van der Waals surface area contributed by atoms with Gasteiger partial charge < -0.3 is 9.47 Å². The molecule has 0 aliphatic carbocycles. The molecule has 3 heteroatoms. The van der Waals surface area contributed by atoms with E-state index in [0.717, 1.165) is 34.6 Å². The Morgan fingerprint density at radius 1 is 1.11 bits per heavy atom. The van der Waals surface area contributed by atoms with Gasteiger partial charge in [0.15, 0.2) is 0 Å². The molecule has 0 N–H and O–H groups in total. The Bertz CT molecular complexity index is 524. The van der Waals surface area contributed by atoms with Gasteiger partial charge >= 0.3 is 0 Å². The number of rotatable bonds is 4. The lowest BCUT2D eigenvalue weighted by Gasteiger charge is -2.14. The smallest absolute Gasteiger partial charge is 0.127 e. The van der Waals surface area contributed by atoms with Gasteiger partial charge in [-0.25, -0.2) is 0 Å². The van der Waals surface area contributed by atoms with E-state index in [-0.39, 0.29) is 0 Å². The number of hydrogen-bond donors (Lipinski definition) is 0. The lowest BCUT2D eigenvalue weighted by molar-refractivity contribution is 0.400. The van der Waals surface area contributed by atoms with Crippen molar-refractivity contribution in [2.75, 3.05) is 14.2 Å². The zero-order valence-corrected chi connectivity index (χ0v) is 10.9. The summed E-state index contributed by atoms with van der Waals surface area (Å²) in [6.45, 7) is 2.10. The van der Waals surface area contributed by atoms with Crippen molar-refractivity contribution in [2.45, 2.75) is 13.3 Å². The molecule has 0 saturated heterocycles. The summed E-state index contributed by atoms with van der Waals surface area (Å²) in [6.07, 6.45) is 4.49. The van der Waals surface area contributed by atoms with Gasteiger partial charge in [0.05, 0.1) is 14.2 Å². The number of nitrogens with zero attached hydrogens (tertiary/aromatic N) is 1. The van der Waals surface area contributed by atoms with Crippen LogP contribution in [-0.4, -0.2) is 19.2 Å². The molecule has 0 bridgehead atoms. The monoisotopic (exact) mass is 243 g/mol. The highest BCUT2D eigenvalue weighted by Gasteiger charge is 2.11. The molecule has 0 unspecified atom stereocenters. The molecule has 0 radical (unpaired) electrons. The maximum absolute atomic E-state index is 5.46. The van der Waals surface area contributed by atoms with Crippen LogP contribution >= 0.6 is 0 Å². The van der Waals surface area contributed by atoms with Crippen LogP contribution in [0.25, 0.3) is 11.1 Å². The van der Waals surface area contributed by atoms with E-state index in [0.29, 0.717) is 0 Å². The van der Waals surface area contributed by atoms with E-state index in [1.807, 2.05) is 30.5 Å². The molecule has 94 valence electrons. The molecule has 1 aromatic carbocycles. The van der Waals surface area contributed by atoms with Crippen LogP contribution in [0.2, 0.25) is 0 Å². The fourth-order valence-electron chi connectivity index (χ4n) is 1.98. The van der Waals surface area contributed by atoms with Gasteiger partial charge in [0.25, 0.3) is 0 Å². The summed E-state index contributed by atoms with van der Waals surface area (Å²) in [5.74, 6) is 1.73. The summed E-state index contributed by atoms with van der Waals surface area (Å²) < 4.78 is 10.9. The number of aromatic nitrogens is 1. The summed E-state index contributed by atoms with van der Waals surface area (Å²) in [5, 5.41) is 0. The fourth-order valence-corrected chi connectivity index (χ4v) is 1.98. The molecule has 0 aliphatic heterocycles. The quantitative estimate of drug-likeness (QED) is 0.825. The third kappa shape index (κ3) is 2.30. The maximum Gasteiger partial charge on any atom is 0.127 e. The highest BCUT2D eigenvalue weighted by atomic mass is 16.5. The highest BCUT2D eigenvalue weighted by Crippen LogP contribution is 2.35. The minimum Gasteiger partial charge on any atom is -0.496 e. The molecule has 3 nitrogen and oxygen atoms in total. The predicted octanol–water partition coefficient (Wildman–Crippen LogP) is 3.33. The summed E-state index contributed by atoms with van der Waals surface area (Å²) >= 11 is 0. The molecule has 0 amide bonds. The first kappa shape index (κ1) is 12.4. The van der Waals surface area contributed by atoms with Crippen molar-refractivity contribution in [3.8, 4) is 22.6 Å². The van der Waals surface area contributed by atoms with Crippen LogP contribution in [0.4, 0.5) is 0 Å². The molecule has 1 aromatic heterocycles. The van der Waals surface area contributed by atoms with Gasteiger partial charge in [-0.3, -0.25) is 4.98 Å². The van der Waals surface area contributed by atoms with Crippen molar-refractivity contribution in [3.63, 3.8) is 0 Å². The summed E-state index contributed by atoms with van der Waals surface area (Å²) in [7, 11) is 3.37. The van der Waals surface area contributed by atoms with Gasteiger partial charge in [0.1, 0.15) is 11.5 Å². The van der Waals surface area contributed by atoms with Gasteiger partial charge in [-0.1, -0.05) is 13.0 Å². The maximum atomic E-state index is 5.46. The van der Waals surface area contributed by atoms with Crippen LogP contribution in [0.1, 0.15) is 12.5 Å². The van der Waals surface area contributed by atoms with Gasteiger partial charge in [0, 0.05) is 23.5 Å². The molecule has 0 spiro atoms. The minimum absolute atomic E-state index is 0.848. The molecule has 0 aliphatic rings. The van der Waals surface area contributed by atoms with E-state index in [1.54, 1.807) is 20.4 Å². The van der Waals surface area contributed by atoms with E-state index in [1.165, 1.54) is 0 Å². The Morgan fingerprint density at radius 3 is 2.44 bits per heavy atom. The van der Waals surface area contributed by atoms with Crippen LogP contribution in [0, 0.1) is 0 Å². The summed E-state index contributed by atoms with van der Waals surface area (Å²) in [4.78, 5) is 4.14. The van der Waals surface area contributed by atoms with E-state index >= 15 is 0 Å². The highest BCUT2D eigenvalue weighted by molar-refractivity contribution is 5.72. The first-order valence-electron chi connectivity index (χ1n) is 5.95. The molecular weight excluding hydrogens is 226 g/mol.